The third kappa shape index (κ3) is 7.65. The average Bonchev–Trinajstić information content (AvgIpc) is 3.34. The number of esters is 1. The van der Waals surface area contributed by atoms with E-state index in [-0.39, 0.29) is 25.3 Å². The molecule has 0 aliphatic rings. The van der Waals surface area contributed by atoms with Crippen molar-refractivity contribution in [1.29, 1.82) is 0 Å². The van der Waals surface area contributed by atoms with Crippen molar-refractivity contribution in [2.45, 2.75) is 24.5 Å². The number of hydrogen-bond acceptors (Lipinski definition) is 7. The van der Waals surface area contributed by atoms with E-state index < -0.39 is 11.9 Å². The van der Waals surface area contributed by atoms with Crippen LogP contribution >= 0.6 is 11.8 Å². The minimum Gasteiger partial charge on any atom is -0.481 e. The molecule has 8 nitrogen and oxygen atoms in total. The zero-order valence-corrected chi connectivity index (χ0v) is 20.6. The van der Waals surface area contributed by atoms with Crippen LogP contribution in [0.25, 0.3) is 22.5 Å². The number of aromatic nitrogens is 3. The number of pyridine rings is 1. The molecule has 10 heteroatoms. The lowest BCUT2D eigenvalue weighted by atomic mass is 10.1. The minimum atomic E-state index is -1.04. The molecule has 2 heterocycles. The third-order valence-electron chi connectivity index (χ3n) is 5.29. The van der Waals surface area contributed by atoms with E-state index in [1.54, 1.807) is 18.3 Å². The van der Waals surface area contributed by atoms with Gasteiger partial charge in [-0.2, -0.15) is 0 Å². The molecular weight excluding hydrogens is 495 g/mol. The van der Waals surface area contributed by atoms with Crippen molar-refractivity contribution in [3.8, 4) is 22.5 Å². The fraction of sp³-hybridized carbons (Fsp3) is 0.185. The largest absolute Gasteiger partial charge is 0.481 e. The number of halogens is 1. The molecule has 0 saturated heterocycles. The number of carboxylic acids is 1. The van der Waals surface area contributed by atoms with Crippen LogP contribution in [-0.4, -0.2) is 44.4 Å². The van der Waals surface area contributed by atoms with Crippen LogP contribution in [0.15, 0.2) is 78.1 Å². The highest BCUT2D eigenvalue weighted by atomic mass is 32.2. The number of anilines is 1. The summed E-state index contributed by atoms with van der Waals surface area (Å²) in [4.78, 5) is 34.7. The Kier molecular flexibility index (Phi) is 8.88. The van der Waals surface area contributed by atoms with Crippen molar-refractivity contribution in [1.82, 2.24) is 15.0 Å². The summed E-state index contributed by atoms with van der Waals surface area (Å²) in [5.74, 6) is -0.813. The highest BCUT2D eigenvalue weighted by molar-refractivity contribution is 7.99. The molecule has 0 atom stereocenters. The summed E-state index contributed by atoms with van der Waals surface area (Å²) in [7, 11) is 0. The molecule has 0 spiro atoms. The van der Waals surface area contributed by atoms with Gasteiger partial charge in [0.2, 0.25) is 0 Å². The number of nitrogens with one attached hydrogen (secondary N) is 2. The smallest absolute Gasteiger partial charge is 0.306 e. The van der Waals surface area contributed by atoms with E-state index in [1.807, 2.05) is 42.5 Å². The number of aliphatic carboxylic acids is 1. The van der Waals surface area contributed by atoms with Crippen molar-refractivity contribution in [2.75, 3.05) is 17.7 Å². The Morgan fingerprint density at radius 3 is 2.57 bits per heavy atom. The molecule has 4 aromatic rings. The van der Waals surface area contributed by atoms with E-state index >= 15 is 0 Å². The number of carbonyl (C=O) groups excluding carboxylic acids is 1. The van der Waals surface area contributed by atoms with Gasteiger partial charge < -0.3 is 20.1 Å². The summed E-state index contributed by atoms with van der Waals surface area (Å²) < 4.78 is 18.6. The monoisotopic (exact) mass is 520 g/mol. The van der Waals surface area contributed by atoms with Crippen molar-refractivity contribution < 1.29 is 23.8 Å². The lowest BCUT2D eigenvalue weighted by molar-refractivity contribution is -0.147. The molecule has 37 heavy (non-hydrogen) atoms. The van der Waals surface area contributed by atoms with Crippen LogP contribution in [0.2, 0.25) is 0 Å². The fourth-order valence-corrected chi connectivity index (χ4v) is 4.18. The molecule has 0 bridgehead atoms. The van der Waals surface area contributed by atoms with Crippen LogP contribution in [0.4, 0.5) is 10.2 Å². The van der Waals surface area contributed by atoms with Crippen LogP contribution in [0.3, 0.4) is 0 Å². The van der Waals surface area contributed by atoms with Gasteiger partial charge in [0.05, 0.1) is 24.2 Å². The number of hydrogen-bond donors (Lipinski definition) is 3. The van der Waals surface area contributed by atoms with Crippen molar-refractivity contribution in [2.24, 2.45) is 0 Å². The molecule has 0 saturated carbocycles. The normalized spacial score (nSPS) is 10.7. The van der Waals surface area contributed by atoms with E-state index in [2.05, 4.69) is 15.3 Å². The van der Waals surface area contributed by atoms with Gasteiger partial charge >= 0.3 is 11.9 Å². The van der Waals surface area contributed by atoms with Gasteiger partial charge in [-0.25, -0.2) is 14.4 Å². The number of benzene rings is 2. The Bertz CT molecular complexity index is 1350. The summed E-state index contributed by atoms with van der Waals surface area (Å²) in [5.41, 5.74) is 4.13. The molecule has 0 aliphatic heterocycles. The standard InChI is InChI=1S/C27H25FN4O4S/c28-21-8-6-19(7-9-21)25-26(32-27(31-25)37-15-14-36-24(35)11-10-23(33)34)20-12-13-29-22(16-20)30-17-18-4-2-1-3-5-18/h1-9,12-13,16H,10-11,14-15,17H2,(H,29,30)(H,31,32)(H,33,34). The summed E-state index contributed by atoms with van der Waals surface area (Å²) in [6.07, 6.45) is 1.28. The van der Waals surface area contributed by atoms with Crippen LogP contribution in [-0.2, 0) is 20.9 Å². The van der Waals surface area contributed by atoms with E-state index in [1.165, 1.54) is 23.9 Å². The third-order valence-corrected chi connectivity index (χ3v) is 6.13. The number of carbonyl (C=O) groups is 2. The maximum absolute atomic E-state index is 13.6. The topological polar surface area (TPSA) is 117 Å². The Morgan fingerprint density at radius 1 is 1.03 bits per heavy atom. The average molecular weight is 521 g/mol. The molecule has 2 aromatic carbocycles. The van der Waals surface area contributed by atoms with Crippen LogP contribution in [0, 0.1) is 5.82 Å². The highest BCUT2D eigenvalue weighted by Gasteiger charge is 2.16. The predicted octanol–water partition coefficient (Wildman–Crippen LogP) is 5.39. The molecule has 3 N–H and O–H groups in total. The number of aromatic amines is 1. The van der Waals surface area contributed by atoms with Gasteiger partial charge in [0.1, 0.15) is 18.2 Å². The number of H-pyrrole nitrogens is 1. The van der Waals surface area contributed by atoms with Gasteiger partial charge in [0.15, 0.2) is 5.16 Å². The van der Waals surface area contributed by atoms with Gasteiger partial charge in [-0.05, 0) is 42.0 Å². The molecule has 0 radical (unpaired) electrons. The van der Waals surface area contributed by atoms with Gasteiger partial charge in [0, 0.05) is 29.6 Å². The van der Waals surface area contributed by atoms with Crippen molar-refractivity contribution in [3.63, 3.8) is 0 Å². The molecule has 0 amide bonds. The van der Waals surface area contributed by atoms with Gasteiger partial charge in [-0.1, -0.05) is 42.1 Å². The molecular formula is C27H25FN4O4S. The molecule has 190 valence electrons. The first-order valence-corrected chi connectivity index (χ1v) is 12.6. The molecule has 0 aliphatic carbocycles. The number of rotatable bonds is 12. The predicted molar refractivity (Wildman–Crippen MR) is 140 cm³/mol. The van der Waals surface area contributed by atoms with Crippen molar-refractivity contribution in [3.05, 3.63) is 84.3 Å². The summed E-state index contributed by atoms with van der Waals surface area (Å²) in [6.45, 7) is 0.739. The SMILES string of the molecule is O=C(O)CCC(=O)OCCSc1nc(-c2ccnc(NCc3ccccc3)c2)c(-c2ccc(F)cc2)[nH]1. The summed E-state index contributed by atoms with van der Waals surface area (Å²) >= 11 is 1.36. The second kappa shape index (κ2) is 12.7. The van der Waals surface area contributed by atoms with E-state index in [9.17, 15) is 14.0 Å². The number of thioether (sulfide) groups is 1. The molecule has 2 aromatic heterocycles. The maximum Gasteiger partial charge on any atom is 0.306 e. The summed E-state index contributed by atoms with van der Waals surface area (Å²) in [6, 6.07) is 19.9. The van der Waals surface area contributed by atoms with Gasteiger partial charge in [-0.15, -0.1) is 0 Å². The Hall–Kier alpha value is -4.18. The Labute approximate surface area is 217 Å². The molecule has 0 fully saturated rings. The molecule has 0 unspecified atom stereocenters. The second-order valence-corrected chi connectivity index (χ2v) is 9.09. The number of ether oxygens (including phenoxy) is 1. The first kappa shape index (κ1) is 25.9. The zero-order chi connectivity index (χ0) is 26.0. The second-order valence-electron chi connectivity index (χ2n) is 8.00. The van der Waals surface area contributed by atoms with E-state index in [0.29, 0.717) is 29.0 Å². The number of carboxylic acid groups (broad SMARTS) is 1. The maximum atomic E-state index is 13.6. The number of nitrogens with zero attached hydrogens (tertiary/aromatic N) is 2. The molecule has 4 rings (SSSR count). The lowest BCUT2D eigenvalue weighted by Gasteiger charge is -2.08. The first-order valence-electron chi connectivity index (χ1n) is 11.6. The van der Waals surface area contributed by atoms with Crippen LogP contribution in [0.1, 0.15) is 18.4 Å². The summed E-state index contributed by atoms with van der Waals surface area (Å²) in [5, 5.41) is 12.6. The quantitative estimate of drug-likeness (QED) is 0.129. The van der Waals surface area contributed by atoms with E-state index in [4.69, 9.17) is 14.8 Å². The van der Waals surface area contributed by atoms with Crippen LogP contribution in [0.5, 0.6) is 0 Å². The van der Waals surface area contributed by atoms with Crippen molar-refractivity contribution >= 4 is 29.5 Å². The highest BCUT2D eigenvalue weighted by Crippen LogP contribution is 2.33. The zero-order valence-electron chi connectivity index (χ0n) is 19.8. The Morgan fingerprint density at radius 2 is 1.81 bits per heavy atom. The van der Waals surface area contributed by atoms with Gasteiger partial charge in [-0.3, -0.25) is 9.59 Å². The van der Waals surface area contributed by atoms with Gasteiger partial charge in [0.25, 0.3) is 0 Å². The lowest BCUT2D eigenvalue weighted by Crippen LogP contribution is -2.09. The minimum absolute atomic E-state index is 0.119. The van der Waals surface area contributed by atoms with Crippen LogP contribution < -0.4 is 5.32 Å². The fourth-order valence-electron chi connectivity index (χ4n) is 3.49. The van der Waals surface area contributed by atoms with E-state index in [0.717, 1.165) is 22.4 Å². The first-order chi connectivity index (χ1) is 18.0. The number of imidazole rings is 1. The Balaban J connectivity index is 1.49.